The molecule has 2 aliphatic rings. The number of amides is 5. The van der Waals surface area contributed by atoms with E-state index in [2.05, 4.69) is 21.3 Å². The van der Waals surface area contributed by atoms with E-state index in [1.165, 1.54) is 4.90 Å². The van der Waals surface area contributed by atoms with Gasteiger partial charge in [0.1, 0.15) is 23.7 Å². The van der Waals surface area contributed by atoms with E-state index in [9.17, 15) is 14.4 Å². The fraction of sp³-hybridized carbons (Fsp3) is 0.353. The maximum atomic E-state index is 12.3. The molecule has 0 unspecified atom stereocenters. The number of nitrogens with one attached hydrogen (secondary N) is 4. The van der Waals surface area contributed by atoms with Crippen molar-refractivity contribution in [2.45, 2.75) is 31.7 Å². The first kappa shape index (κ1) is 17.5. The second kappa shape index (κ2) is 6.66. The first-order valence-corrected chi connectivity index (χ1v) is 8.91. The van der Waals surface area contributed by atoms with Crippen LogP contribution in [-0.2, 0) is 4.79 Å². The molecule has 0 saturated carbocycles. The maximum absolute atomic E-state index is 12.3. The Bertz CT molecular complexity index is 929. The molecule has 2 aromatic rings. The Kier molecular flexibility index (Phi) is 4.31. The second-order valence-electron chi connectivity index (χ2n) is 6.55. The van der Waals surface area contributed by atoms with E-state index >= 15 is 0 Å². The highest BCUT2D eigenvalue weighted by molar-refractivity contribution is 6.31. The Morgan fingerprint density at radius 1 is 1.30 bits per heavy atom. The van der Waals surface area contributed by atoms with Gasteiger partial charge < -0.3 is 25.7 Å². The van der Waals surface area contributed by atoms with Crippen LogP contribution in [0.3, 0.4) is 0 Å². The molecule has 1 aromatic carbocycles. The zero-order valence-electron chi connectivity index (χ0n) is 14.4. The van der Waals surface area contributed by atoms with Gasteiger partial charge in [-0.3, -0.25) is 9.69 Å². The fourth-order valence-electron chi connectivity index (χ4n) is 3.29. The van der Waals surface area contributed by atoms with Crippen LogP contribution >= 0.6 is 11.6 Å². The molecule has 4 rings (SSSR count). The molecular formula is C17H18ClN5O4. The van der Waals surface area contributed by atoms with Crippen molar-refractivity contribution >= 4 is 40.5 Å². The lowest BCUT2D eigenvalue weighted by Crippen LogP contribution is -2.45. The number of rotatable bonds is 5. The Labute approximate surface area is 159 Å². The molecule has 1 aromatic heterocycles. The number of hydrogen-bond donors (Lipinski definition) is 4. The highest BCUT2D eigenvalue weighted by atomic mass is 35.5. The SMILES string of the molecule is C[C@H](NC(=O)CCN1C(=O)N[C@@H]2NC(=O)N[C@H]21)c1cc2cc(Cl)ccc2o1. The Hall–Kier alpha value is -2.94. The summed E-state index contributed by atoms with van der Waals surface area (Å²) in [5.74, 6) is 0.390. The summed E-state index contributed by atoms with van der Waals surface area (Å²) in [6.07, 6.45) is -0.868. The molecule has 27 heavy (non-hydrogen) atoms. The topological polar surface area (TPSA) is 116 Å². The third kappa shape index (κ3) is 3.37. The van der Waals surface area contributed by atoms with Gasteiger partial charge in [0.05, 0.1) is 6.04 Å². The van der Waals surface area contributed by atoms with Crippen LogP contribution in [0.15, 0.2) is 28.7 Å². The van der Waals surface area contributed by atoms with Gasteiger partial charge in [0.25, 0.3) is 0 Å². The van der Waals surface area contributed by atoms with Crippen LogP contribution in [0, 0.1) is 0 Å². The van der Waals surface area contributed by atoms with Crippen LogP contribution in [0.25, 0.3) is 11.0 Å². The summed E-state index contributed by atoms with van der Waals surface area (Å²) in [5.41, 5.74) is 0.694. The molecule has 2 saturated heterocycles. The van der Waals surface area contributed by atoms with Crippen molar-refractivity contribution in [3.05, 3.63) is 35.0 Å². The zero-order valence-corrected chi connectivity index (χ0v) is 15.2. The predicted octanol–water partition coefficient (Wildman–Crippen LogP) is 1.64. The van der Waals surface area contributed by atoms with E-state index in [1.807, 2.05) is 13.0 Å². The largest absolute Gasteiger partial charge is 0.459 e. The van der Waals surface area contributed by atoms with E-state index in [4.69, 9.17) is 16.0 Å². The van der Waals surface area contributed by atoms with Gasteiger partial charge in [-0.25, -0.2) is 9.59 Å². The minimum atomic E-state index is -0.490. The van der Waals surface area contributed by atoms with E-state index in [0.29, 0.717) is 16.4 Å². The molecule has 5 amide bonds. The van der Waals surface area contributed by atoms with Gasteiger partial charge in [-0.1, -0.05) is 11.6 Å². The summed E-state index contributed by atoms with van der Waals surface area (Å²) in [6, 6.07) is 6.14. The van der Waals surface area contributed by atoms with E-state index < -0.39 is 12.3 Å². The summed E-state index contributed by atoms with van der Waals surface area (Å²) in [5, 5.41) is 12.2. The highest BCUT2D eigenvalue weighted by Crippen LogP contribution is 2.26. The molecule has 0 aliphatic carbocycles. The van der Waals surface area contributed by atoms with E-state index in [-0.39, 0.29) is 37.0 Å². The summed E-state index contributed by atoms with van der Waals surface area (Å²) < 4.78 is 5.75. The average molecular weight is 392 g/mol. The second-order valence-corrected chi connectivity index (χ2v) is 6.99. The number of fused-ring (bicyclic) bond motifs is 2. The van der Waals surface area contributed by atoms with Crippen molar-refractivity contribution in [3.63, 3.8) is 0 Å². The third-order valence-electron chi connectivity index (χ3n) is 4.64. The lowest BCUT2D eigenvalue weighted by atomic mass is 10.2. The van der Waals surface area contributed by atoms with Crippen molar-refractivity contribution in [2.75, 3.05) is 6.54 Å². The van der Waals surface area contributed by atoms with E-state index in [0.717, 1.165) is 5.39 Å². The summed E-state index contributed by atoms with van der Waals surface area (Å²) in [6.45, 7) is 2.00. The molecule has 0 bridgehead atoms. The lowest BCUT2D eigenvalue weighted by molar-refractivity contribution is -0.122. The van der Waals surface area contributed by atoms with Gasteiger partial charge in [-0.15, -0.1) is 0 Å². The molecule has 4 N–H and O–H groups in total. The standard InChI is InChI=1S/C17H18ClN5O4/c1-8(12-7-9-6-10(18)2-3-11(9)27-12)19-13(24)4-5-23-15-14(21-17(23)26)20-16(25)22-15/h2-3,6-8,14-15H,4-5H2,1H3,(H,19,24)(H,21,26)(H2,20,22,25)/t8-,14-,15-/m0/s1. The van der Waals surface area contributed by atoms with Crippen LogP contribution in [0.2, 0.25) is 5.02 Å². The molecule has 2 aliphatic heterocycles. The smallest absolute Gasteiger partial charge is 0.320 e. The van der Waals surface area contributed by atoms with Crippen LogP contribution in [0.5, 0.6) is 0 Å². The highest BCUT2D eigenvalue weighted by Gasteiger charge is 2.45. The molecular weight excluding hydrogens is 374 g/mol. The normalized spacial score (nSPS) is 22.2. The Morgan fingerprint density at radius 2 is 2.11 bits per heavy atom. The molecule has 9 nitrogen and oxygen atoms in total. The maximum Gasteiger partial charge on any atom is 0.320 e. The molecule has 3 heterocycles. The lowest BCUT2D eigenvalue weighted by Gasteiger charge is -2.21. The number of hydrogen-bond acceptors (Lipinski definition) is 4. The van der Waals surface area contributed by atoms with Gasteiger partial charge in [-0.05, 0) is 31.2 Å². The number of carbonyl (C=O) groups is 3. The van der Waals surface area contributed by atoms with Gasteiger partial charge in [0, 0.05) is 23.4 Å². The van der Waals surface area contributed by atoms with Crippen molar-refractivity contribution in [3.8, 4) is 0 Å². The summed E-state index contributed by atoms with van der Waals surface area (Å²) >= 11 is 5.98. The monoisotopic (exact) mass is 391 g/mol. The Balaban J connectivity index is 1.34. The van der Waals surface area contributed by atoms with Crippen molar-refractivity contribution < 1.29 is 18.8 Å². The first-order chi connectivity index (χ1) is 12.9. The third-order valence-corrected chi connectivity index (χ3v) is 4.87. The number of benzene rings is 1. The molecule has 0 spiro atoms. The quantitative estimate of drug-likeness (QED) is 0.620. The Morgan fingerprint density at radius 3 is 2.93 bits per heavy atom. The van der Waals surface area contributed by atoms with Crippen molar-refractivity contribution in [1.82, 2.24) is 26.2 Å². The number of halogens is 1. The van der Waals surface area contributed by atoms with Crippen LogP contribution in [0.4, 0.5) is 9.59 Å². The van der Waals surface area contributed by atoms with Crippen LogP contribution < -0.4 is 21.3 Å². The molecule has 142 valence electrons. The summed E-state index contributed by atoms with van der Waals surface area (Å²) in [7, 11) is 0. The summed E-state index contributed by atoms with van der Waals surface area (Å²) in [4.78, 5) is 37.0. The number of carbonyl (C=O) groups excluding carboxylic acids is 3. The van der Waals surface area contributed by atoms with Gasteiger partial charge in [0.2, 0.25) is 5.91 Å². The molecule has 2 fully saturated rings. The predicted molar refractivity (Wildman–Crippen MR) is 96.9 cm³/mol. The van der Waals surface area contributed by atoms with Crippen molar-refractivity contribution in [2.24, 2.45) is 0 Å². The van der Waals surface area contributed by atoms with E-state index in [1.54, 1.807) is 18.2 Å². The number of furan rings is 1. The van der Waals surface area contributed by atoms with Crippen LogP contribution in [0.1, 0.15) is 25.1 Å². The molecule has 10 heteroatoms. The van der Waals surface area contributed by atoms with Gasteiger partial charge >= 0.3 is 12.1 Å². The number of urea groups is 2. The molecule has 0 radical (unpaired) electrons. The minimum Gasteiger partial charge on any atom is -0.459 e. The fourth-order valence-corrected chi connectivity index (χ4v) is 3.47. The average Bonchev–Trinajstić information content (AvgIpc) is 3.25. The van der Waals surface area contributed by atoms with Crippen molar-refractivity contribution in [1.29, 1.82) is 0 Å². The van der Waals surface area contributed by atoms with Gasteiger partial charge in [-0.2, -0.15) is 0 Å². The van der Waals surface area contributed by atoms with Gasteiger partial charge in [0.15, 0.2) is 0 Å². The van der Waals surface area contributed by atoms with Crippen LogP contribution in [-0.4, -0.2) is 41.7 Å². The number of nitrogens with zero attached hydrogens (tertiary/aromatic N) is 1. The molecule has 3 atom stereocenters. The first-order valence-electron chi connectivity index (χ1n) is 8.53. The zero-order chi connectivity index (χ0) is 19.1. The minimum absolute atomic E-state index is 0.100.